The summed E-state index contributed by atoms with van der Waals surface area (Å²) in [5.41, 5.74) is -0.132. The van der Waals surface area contributed by atoms with Crippen LogP contribution in [0.5, 0.6) is 5.75 Å². The summed E-state index contributed by atoms with van der Waals surface area (Å²) in [6, 6.07) is 5.01. The molecule has 0 heterocycles. The predicted octanol–water partition coefficient (Wildman–Crippen LogP) is 3.76. The minimum atomic E-state index is -0.981. The highest BCUT2D eigenvalue weighted by atomic mass is 16.7. The maximum atomic E-state index is 12.2. The number of aliphatic hydroxyl groups is 2. The first-order valence-corrected chi connectivity index (χ1v) is 10.8. The first-order chi connectivity index (χ1) is 15.2. The monoisotopic (exact) mass is 455 g/mol. The zero-order valence-electron chi connectivity index (χ0n) is 18.6. The van der Waals surface area contributed by atoms with Crippen molar-refractivity contribution in [3.63, 3.8) is 0 Å². The molecule has 10 nitrogen and oxygen atoms in total. The van der Waals surface area contributed by atoms with Gasteiger partial charge in [-0.05, 0) is 37.3 Å². The fourth-order valence-electron chi connectivity index (χ4n) is 2.91. The van der Waals surface area contributed by atoms with Gasteiger partial charge in [0.05, 0.1) is 18.1 Å². The second-order valence-corrected chi connectivity index (χ2v) is 7.89. The fraction of sp³-hybridized carbons (Fsp3) is 0.636. The molecule has 0 aliphatic heterocycles. The Balaban J connectivity index is 2.60. The van der Waals surface area contributed by atoms with Crippen LogP contribution in [0.25, 0.3) is 0 Å². The lowest BCUT2D eigenvalue weighted by atomic mass is 10.0. The molecule has 10 heteroatoms. The SMILES string of the molecule is CC(C)CCCCCC(CCC(=O)OC(CO)CO)OC(=O)Oc1ccc([N+](=O)[O-])cc1. The van der Waals surface area contributed by atoms with Crippen molar-refractivity contribution in [1.82, 2.24) is 0 Å². The Labute approximate surface area is 187 Å². The number of rotatable bonds is 15. The summed E-state index contributed by atoms with van der Waals surface area (Å²) in [5.74, 6) is 0.0964. The van der Waals surface area contributed by atoms with Crippen LogP contribution in [0.1, 0.15) is 58.8 Å². The molecule has 2 N–H and O–H groups in total. The summed E-state index contributed by atoms with van der Waals surface area (Å²) < 4.78 is 15.4. The minimum Gasteiger partial charge on any atom is -0.457 e. The van der Waals surface area contributed by atoms with E-state index in [4.69, 9.17) is 24.4 Å². The standard InChI is InChI=1S/C22H33NO9/c1-16(2)6-4-3-5-7-18(12-13-21(26)30-20(14-24)15-25)31-22(27)32-19-10-8-17(9-11-19)23(28)29/h8-11,16,18,20,24-25H,3-7,12-15H2,1-2H3. The quantitative estimate of drug-likeness (QED) is 0.133. The minimum absolute atomic E-state index is 0.0576. The Hall–Kier alpha value is -2.72. The van der Waals surface area contributed by atoms with Crippen LogP contribution in [0.3, 0.4) is 0 Å². The number of hydrogen-bond donors (Lipinski definition) is 2. The molecule has 0 bridgehead atoms. The molecule has 0 fully saturated rings. The molecule has 0 saturated heterocycles. The van der Waals surface area contributed by atoms with E-state index in [0.717, 1.165) is 25.7 Å². The zero-order valence-corrected chi connectivity index (χ0v) is 18.6. The lowest BCUT2D eigenvalue weighted by Gasteiger charge is -2.18. The molecule has 1 aromatic rings. The van der Waals surface area contributed by atoms with Gasteiger partial charge in [0.1, 0.15) is 18.0 Å². The lowest BCUT2D eigenvalue weighted by Crippen LogP contribution is -2.27. The summed E-state index contributed by atoms with van der Waals surface area (Å²) in [6.45, 7) is 3.33. The molecule has 1 aromatic carbocycles. The third kappa shape index (κ3) is 11.6. The van der Waals surface area contributed by atoms with Gasteiger partial charge in [-0.25, -0.2) is 4.79 Å². The first-order valence-electron chi connectivity index (χ1n) is 10.8. The molecule has 0 spiro atoms. The zero-order chi connectivity index (χ0) is 23.9. The largest absolute Gasteiger partial charge is 0.514 e. The van der Waals surface area contributed by atoms with Crippen molar-refractivity contribution >= 4 is 17.8 Å². The average Bonchev–Trinajstić information content (AvgIpc) is 2.75. The number of hydrogen-bond acceptors (Lipinski definition) is 9. The van der Waals surface area contributed by atoms with E-state index < -0.39 is 42.5 Å². The number of carbonyl (C=O) groups excluding carboxylic acids is 2. The number of ether oxygens (including phenoxy) is 3. The van der Waals surface area contributed by atoms with Crippen LogP contribution in [0.2, 0.25) is 0 Å². The van der Waals surface area contributed by atoms with E-state index in [1.807, 2.05) is 0 Å². The van der Waals surface area contributed by atoms with Crippen molar-refractivity contribution < 1.29 is 38.9 Å². The molecule has 0 aliphatic rings. The Kier molecular flexibility index (Phi) is 12.9. The molecule has 32 heavy (non-hydrogen) atoms. The highest BCUT2D eigenvalue weighted by Crippen LogP contribution is 2.20. The molecular weight excluding hydrogens is 422 g/mol. The third-order valence-electron chi connectivity index (χ3n) is 4.70. The van der Waals surface area contributed by atoms with Crippen LogP contribution in [0, 0.1) is 16.0 Å². The molecule has 180 valence electrons. The number of non-ortho nitro benzene ring substituents is 1. The first kappa shape index (κ1) is 27.3. The molecule has 0 amide bonds. The molecule has 1 rings (SSSR count). The highest BCUT2D eigenvalue weighted by molar-refractivity contribution is 5.69. The molecule has 1 atom stereocenters. The van der Waals surface area contributed by atoms with Gasteiger partial charge in [-0.1, -0.05) is 33.1 Å². The van der Waals surface area contributed by atoms with E-state index in [-0.39, 0.29) is 24.3 Å². The van der Waals surface area contributed by atoms with Gasteiger partial charge in [0.2, 0.25) is 0 Å². The normalized spacial score (nSPS) is 11.9. The number of benzene rings is 1. The van der Waals surface area contributed by atoms with E-state index >= 15 is 0 Å². The van der Waals surface area contributed by atoms with E-state index in [2.05, 4.69) is 13.8 Å². The smallest absolute Gasteiger partial charge is 0.457 e. The van der Waals surface area contributed by atoms with Crippen molar-refractivity contribution in [2.75, 3.05) is 13.2 Å². The number of nitro groups is 1. The van der Waals surface area contributed by atoms with Gasteiger partial charge in [-0.3, -0.25) is 14.9 Å². The van der Waals surface area contributed by atoms with Crippen LogP contribution >= 0.6 is 0 Å². The average molecular weight is 456 g/mol. The van der Waals surface area contributed by atoms with Crippen molar-refractivity contribution in [3.8, 4) is 5.75 Å². The van der Waals surface area contributed by atoms with Crippen LogP contribution in [-0.4, -0.2) is 52.7 Å². The highest BCUT2D eigenvalue weighted by Gasteiger charge is 2.20. The second kappa shape index (κ2) is 15.1. The number of unbranched alkanes of at least 4 members (excludes halogenated alkanes) is 2. The molecule has 0 radical (unpaired) electrons. The Bertz CT molecular complexity index is 702. The molecule has 0 aliphatic carbocycles. The van der Waals surface area contributed by atoms with Gasteiger partial charge in [0, 0.05) is 18.6 Å². The second-order valence-electron chi connectivity index (χ2n) is 7.89. The lowest BCUT2D eigenvalue weighted by molar-refractivity contribution is -0.384. The Morgan fingerprint density at radius 2 is 1.56 bits per heavy atom. The van der Waals surface area contributed by atoms with Gasteiger partial charge >= 0.3 is 12.1 Å². The van der Waals surface area contributed by atoms with Crippen LogP contribution in [0.15, 0.2) is 24.3 Å². The molecule has 0 saturated carbocycles. The number of nitrogens with zero attached hydrogens (tertiary/aromatic N) is 1. The number of esters is 1. The van der Waals surface area contributed by atoms with Gasteiger partial charge in [-0.2, -0.15) is 0 Å². The number of aliphatic hydroxyl groups excluding tert-OH is 2. The maximum Gasteiger partial charge on any atom is 0.514 e. The summed E-state index contributed by atoms with van der Waals surface area (Å²) >= 11 is 0. The topological polar surface area (TPSA) is 145 Å². The summed E-state index contributed by atoms with van der Waals surface area (Å²) in [7, 11) is 0. The van der Waals surface area contributed by atoms with Crippen LogP contribution in [-0.2, 0) is 14.3 Å². The summed E-state index contributed by atoms with van der Waals surface area (Å²) in [4.78, 5) is 34.2. The van der Waals surface area contributed by atoms with E-state index in [0.29, 0.717) is 12.3 Å². The van der Waals surface area contributed by atoms with E-state index in [1.54, 1.807) is 0 Å². The molecular formula is C22H33NO9. The van der Waals surface area contributed by atoms with E-state index in [9.17, 15) is 19.7 Å². The van der Waals surface area contributed by atoms with Gasteiger partial charge in [0.15, 0.2) is 0 Å². The van der Waals surface area contributed by atoms with Gasteiger partial charge in [0.25, 0.3) is 5.69 Å². The Morgan fingerprint density at radius 3 is 2.12 bits per heavy atom. The number of nitro benzene ring substituents is 1. The van der Waals surface area contributed by atoms with Crippen molar-refractivity contribution in [3.05, 3.63) is 34.4 Å². The molecule has 0 aromatic heterocycles. The van der Waals surface area contributed by atoms with Gasteiger partial charge in [-0.15, -0.1) is 0 Å². The van der Waals surface area contributed by atoms with Crippen molar-refractivity contribution in [1.29, 1.82) is 0 Å². The van der Waals surface area contributed by atoms with Crippen molar-refractivity contribution in [2.45, 2.75) is 71.0 Å². The summed E-state index contributed by atoms with van der Waals surface area (Å²) in [5, 5.41) is 28.7. The molecule has 1 unspecified atom stereocenters. The fourth-order valence-corrected chi connectivity index (χ4v) is 2.91. The van der Waals surface area contributed by atoms with Crippen molar-refractivity contribution in [2.24, 2.45) is 5.92 Å². The van der Waals surface area contributed by atoms with E-state index in [1.165, 1.54) is 24.3 Å². The predicted molar refractivity (Wildman–Crippen MR) is 115 cm³/mol. The summed E-state index contributed by atoms with van der Waals surface area (Å²) in [6.07, 6.45) is 2.04. The number of carbonyl (C=O) groups is 2. The maximum absolute atomic E-state index is 12.2. The van der Waals surface area contributed by atoms with Crippen LogP contribution in [0.4, 0.5) is 10.5 Å². The van der Waals surface area contributed by atoms with Crippen LogP contribution < -0.4 is 4.74 Å². The third-order valence-corrected chi connectivity index (χ3v) is 4.70. The van der Waals surface area contributed by atoms with Gasteiger partial charge < -0.3 is 24.4 Å². The Morgan fingerprint density at radius 1 is 0.938 bits per heavy atom.